The minimum absolute atomic E-state index is 0.0365. The molecule has 1 aromatic carbocycles. The van der Waals surface area contributed by atoms with Crippen molar-refractivity contribution in [2.24, 2.45) is 0 Å². The molecule has 104 valence electrons. The van der Waals surface area contributed by atoms with Crippen molar-refractivity contribution in [2.45, 2.75) is 0 Å². The van der Waals surface area contributed by atoms with E-state index in [1.54, 1.807) is 14.2 Å². The Morgan fingerprint density at radius 3 is 2.79 bits per heavy atom. The van der Waals surface area contributed by atoms with Crippen LogP contribution in [-0.4, -0.2) is 52.8 Å². The van der Waals surface area contributed by atoms with Crippen molar-refractivity contribution >= 4 is 11.5 Å². The number of hydrogen-bond donors (Lipinski definition) is 1. The zero-order valence-corrected chi connectivity index (χ0v) is 11.4. The Morgan fingerprint density at radius 1 is 1.42 bits per heavy atom. The predicted octanol–water partition coefficient (Wildman–Crippen LogP) is 0.934. The number of methoxy groups -OCH3 is 1. The van der Waals surface area contributed by atoms with Gasteiger partial charge in [-0.25, -0.2) is 0 Å². The number of carbonyl (C=O) groups is 1. The largest absolute Gasteiger partial charge is 0.496 e. The number of anilines is 1. The normalized spacial score (nSPS) is 15.4. The second-order valence-corrected chi connectivity index (χ2v) is 4.44. The summed E-state index contributed by atoms with van der Waals surface area (Å²) in [5.41, 5.74) is 1.67. The van der Waals surface area contributed by atoms with Crippen molar-refractivity contribution in [2.75, 3.05) is 51.9 Å². The van der Waals surface area contributed by atoms with Crippen LogP contribution >= 0.6 is 0 Å². The van der Waals surface area contributed by atoms with Crippen LogP contribution in [0, 0.1) is 0 Å². The van der Waals surface area contributed by atoms with Gasteiger partial charge in [-0.2, -0.15) is 0 Å². The van der Waals surface area contributed by atoms with Gasteiger partial charge in [-0.05, 0) is 25.2 Å². The fraction of sp³-hybridized carbons (Fsp3) is 0.500. The third-order valence-corrected chi connectivity index (χ3v) is 3.20. The molecule has 19 heavy (non-hydrogen) atoms. The minimum Gasteiger partial charge on any atom is -0.496 e. The standard InChI is InChI=1S/C14H20N2O3/c1-15-10-13(17)12-9-11(3-4-14(12)18-2)16-5-7-19-8-6-16/h3-4,9,15H,5-8,10H2,1-2H3. The van der Waals surface area contributed by atoms with E-state index in [0.717, 1.165) is 32.0 Å². The predicted molar refractivity (Wildman–Crippen MR) is 74.3 cm³/mol. The van der Waals surface area contributed by atoms with Crippen LogP contribution in [0.4, 0.5) is 5.69 Å². The van der Waals surface area contributed by atoms with Gasteiger partial charge in [-0.1, -0.05) is 0 Å². The molecule has 1 N–H and O–H groups in total. The first-order valence-corrected chi connectivity index (χ1v) is 6.45. The van der Waals surface area contributed by atoms with Crippen molar-refractivity contribution in [3.63, 3.8) is 0 Å². The molecular weight excluding hydrogens is 244 g/mol. The van der Waals surface area contributed by atoms with Crippen LogP contribution in [-0.2, 0) is 4.74 Å². The lowest BCUT2D eigenvalue weighted by molar-refractivity contribution is 0.0990. The Bertz CT molecular complexity index is 442. The van der Waals surface area contributed by atoms with Crippen LogP contribution in [0.15, 0.2) is 18.2 Å². The molecule has 0 aliphatic carbocycles. The van der Waals surface area contributed by atoms with E-state index in [4.69, 9.17) is 9.47 Å². The zero-order chi connectivity index (χ0) is 13.7. The topological polar surface area (TPSA) is 50.8 Å². The maximum absolute atomic E-state index is 12.1. The van der Waals surface area contributed by atoms with Gasteiger partial charge in [-0.3, -0.25) is 4.79 Å². The third-order valence-electron chi connectivity index (χ3n) is 3.20. The first kappa shape index (κ1) is 13.8. The molecule has 0 amide bonds. The smallest absolute Gasteiger partial charge is 0.180 e. The van der Waals surface area contributed by atoms with Crippen LogP contribution in [0.2, 0.25) is 0 Å². The number of likely N-dealkylation sites (N-methyl/N-ethyl adjacent to an activating group) is 1. The second kappa shape index (κ2) is 6.54. The molecule has 1 fully saturated rings. The monoisotopic (exact) mass is 264 g/mol. The molecule has 5 nitrogen and oxygen atoms in total. The van der Waals surface area contributed by atoms with Crippen molar-refractivity contribution in [3.8, 4) is 5.75 Å². The number of nitrogens with one attached hydrogen (secondary N) is 1. The van der Waals surface area contributed by atoms with Gasteiger partial charge in [0.15, 0.2) is 5.78 Å². The lowest BCUT2D eigenvalue weighted by Crippen LogP contribution is -2.36. The summed E-state index contributed by atoms with van der Waals surface area (Å²) < 4.78 is 10.6. The van der Waals surface area contributed by atoms with Crippen molar-refractivity contribution in [3.05, 3.63) is 23.8 Å². The van der Waals surface area contributed by atoms with Crippen LogP contribution < -0.4 is 15.0 Å². The first-order chi connectivity index (χ1) is 9.26. The number of benzene rings is 1. The SMILES string of the molecule is CNCC(=O)c1cc(N2CCOCC2)ccc1OC. The van der Waals surface area contributed by atoms with Gasteiger partial charge >= 0.3 is 0 Å². The summed E-state index contributed by atoms with van der Waals surface area (Å²) in [6.45, 7) is 3.47. The van der Waals surface area contributed by atoms with Gasteiger partial charge in [-0.15, -0.1) is 0 Å². The average Bonchev–Trinajstić information content (AvgIpc) is 2.47. The molecule has 2 rings (SSSR count). The lowest BCUT2D eigenvalue weighted by Gasteiger charge is -2.29. The molecule has 1 aliphatic heterocycles. The molecular formula is C14H20N2O3. The van der Waals surface area contributed by atoms with Gasteiger partial charge in [0, 0.05) is 18.8 Å². The molecule has 0 aromatic heterocycles. The molecule has 1 heterocycles. The van der Waals surface area contributed by atoms with Crippen LogP contribution in [0.1, 0.15) is 10.4 Å². The van der Waals surface area contributed by atoms with Crippen LogP contribution in [0.3, 0.4) is 0 Å². The highest BCUT2D eigenvalue weighted by Crippen LogP contribution is 2.26. The molecule has 0 saturated carbocycles. The van der Waals surface area contributed by atoms with Gasteiger partial charge in [0.25, 0.3) is 0 Å². The number of Topliss-reactive ketones (excluding diaryl/α,β-unsaturated/α-hetero) is 1. The minimum atomic E-state index is 0.0365. The zero-order valence-electron chi connectivity index (χ0n) is 11.4. The number of morpholine rings is 1. The van der Waals surface area contributed by atoms with E-state index in [1.165, 1.54) is 0 Å². The summed E-state index contributed by atoms with van der Waals surface area (Å²) in [5.74, 6) is 0.659. The summed E-state index contributed by atoms with van der Waals surface area (Å²) in [6.07, 6.45) is 0. The summed E-state index contributed by atoms with van der Waals surface area (Å²) in [5, 5.41) is 2.88. The van der Waals surface area contributed by atoms with Gasteiger partial charge in [0.1, 0.15) is 5.75 Å². The maximum atomic E-state index is 12.1. The van der Waals surface area contributed by atoms with E-state index >= 15 is 0 Å². The van der Waals surface area contributed by atoms with E-state index in [9.17, 15) is 4.79 Å². The van der Waals surface area contributed by atoms with Gasteiger partial charge in [0.2, 0.25) is 0 Å². The highest BCUT2D eigenvalue weighted by Gasteiger charge is 2.16. The Balaban J connectivity index is 2.26. The van der Waals surface area contributed by atoms with E-state index in [2.05, 4.69) is 10.2 Å². The molecule has 0 unspecified atom stereocenters. The fourth-order valence-electron chi connectivity index (χ4n) is 2.19. The number of rotatable bonds is 5. The Hall–Kier alpha value is -1.59. The molecule has 0 radical (unpaired) electrons. The molecule has 1 aromatic rings. The third kappa shape index (κ3) is 3.24. The number of carbonyl (C=O) groups excluding carboxylic acids is 1. The fourth-order valence-corrected chi connectivity index (χ4v) is 2.19. The first-order valence-electron chi connectivity index (χ1n) is 6.45. The Kier molecular flexibility index (Phi) is 4.76. The number of hydrogen-bond acceptors (Lipinski definition) is 5. The van der Waals surface area contributed by atoms with E-state index in [0.29, 0.717) is 17.9 Å². The van der Waals surface area contributed by atoms with Gasteiger partial charge in [0.05, 0.1) is 32.4 Å². The summed E-state index contributed by atoms with van der Waals surface area (Å²) in [4.78, 5) is 14.3. The highest BCUT2D eigenvalue weighted by atomic mass is 16.5. The van der Waals surface area contributed by atoms with Crippen LogP contribution in [0.5, 0.6) is 5.75 Å². The highest BCUT2D eigenvalue weighted by molar-refractivity contribution is 6.01. The summed E-state index contributed by atoms with van der Waals surface area (Å²) >= 11 is 0. The van der Waals surface area contributed by atoms with E-state index < -0.39 is 0 Å². The van der Waals surface area contributed by atoms with Crippen molar-refractivity contribution < 1.29 is 14.3 Å². The Morgan fingerprint density at radius 2 is 2.16 bits per heavy atom. The molecule has 0 bridgehead atoms. The molecule has 1 aliphatic rings. The molecule has 1 saturated heterocycles. The molecule has 5 heteroatoms. The van der Waals surface area contributed by atoms with Crippen molar-refractivity contribution in [1.29, 1.82) is 0 Å². The second-order valence-electron chi connectivity index (χ2n) is 4.44. The van der Waals surface area contributed by atoms with Gasteiger partial charge < -0.3 is 19.7 Å². The number of ketones is 1. The molecule has 0 spiro atoms. The average molecular weight is 264 g/mol. The van der Waals surface area contributed by atoms with E-state index in [-0.39, 0.29) is 5.78 Å². The van der Waals surface area contributed by atoms with E-state index in [1.807, 2.05) is 18.2 Å². The Labute approximate surface area is 113 Å². The summed E-state index contributed by atoms with van der Waals surface area (Å²) in [7, 11) is 3.34. The summed E-state index contributed by atoms with van der Waals surface area (Å²) in [6, 6.07) is 5.75. The number of ether oxygens (including phenoxy) is 2. The van der Waals surface area contributed by atoms with Crippen molar-refractivity contribution in [1.82, 2.24) is 5.32 Å². The number of nitrogens with zero attached hydrogens (tertiary/aromatic N) is 1. The quantitative estimate of drug-likeness (QED) is 0.802. The van der Waals surface area contributed by atoms with Crippen LogP contribution in [0.25, 0.3) is 0 Å². The maximum Gasteiger partial charge on any atom is 0.180 e. The lowest BCUT2D eigenvalue weighted by atomic mass is 10.1. The molecule has 0 atom stereocenters.